The van der Waals surface area contributed by atoms with Crippen LogP contribution in [0.3, 0.4) is 0 Å². The number of aryl methyl sites for hydroxylation is 1. The van der Waals surface area contributed by atoms with Crippen molar-refractivity contribution in [3.8, 4) is 5.82 Å². The molecule has 4 aromatic heterocycles. The average Bonchev–Trinajstić information content (AvgIpc) is 3.43. The number of carbonyl (C=O) groups is 1. The van der Waals surface area contributed by atoms with E-state index in [0.29, 0.717) is 34.0 Å². The molecule has 4 heterocycles. The number of alkyl halides is 2. The van der Waals surface area contributed by atoms with Crippen LogP contribution in [0.2, 0.25) is 0 Å². The molecule has 0 aliphatic heterocycles. The molecule has 1 aliphatic rings. The molecule has 31 heavy (non-hydrogen) atoms. The van der Waals surface area contributed by atoms with E-state index in [2.05, 4.69) is 20.4 Å². The summed E-state index contributed by atoms with van der Waals surface area (Å²) in [5, 5.41) is 7.90. The van der Waals surface area contributed by atoms with Crippen LogP contribution in [0.1, 0.15) is 52.9 Å². The third kappa shape index (κ3) is 3.54. The fourth-order valence-corrected chi connectivity index (χ4v) is 3.63. The zero-order valence-corrected chi connectivity index (χ0v) is 16.7. The Kier molecular flexibility index (Phi) is 4.68. The lowest BCUT2D eigenvalue weighted by Crippen LogP contribution is -2.25. The summed E-state index contributed by atoms with van der Waals surface area (Å²) in [6.07, 6.45) is 6.17. The van der Waals surface area contributed by atoms with Gasteiger partial charge in [0, 0.05) is 30.2 Å². The van der Waals surface area contributed by atoms with Gasteiger partial charge in [0.15, 0.2) is 11.5 Å². The Morgan fingerprint density at radius 3 is 2.81 bits per heavy atom. The highest BCUT2D eigenvalue weighted by atomic mass is 19.3. The van der Waals surface area contributed by atoms with Gasteiger partial charge in [0.1, 0.15) is 5.82 Å². The molecule has 0 saturated heterocycles. The minimum atomic E-state index is -2.72. The number of fused-ring (bicyclic) bond motifs is 1. The summed E-state index contributed by atoms with van der Waals surface area (Å²) >= 11 is 0. The predicted molar refractivity (Wildman–Crippen MR) is 108 cm³/mol. The van der Waals surface area contributed by atoms with E-state index in [0.717, 1.165) is 23.1 Å². The molecule has 5 rings (SSSR count). The topological polar surface area (TPSA) is 90.5 Å². The van der Waals surface area contributed by atoms with Gasteiger partial charge in [-0.1, -0.05) is 6.07 Å². The standard InChI is InChI=1S/C21H19F2N7O/c1-12-18-14(20(31)26-11-17-25-8-9-29(17)21(22)23)10-15(13-5-6-13)27-19(18)30(28-12)16-4-2-3-7-24-16/h2-4,7-10,13,21H,5-6,11H2,1H3,(H,26,31). The Morgan fingerprint density at radius 2 is 2.10 bits per heavy atom. The molecular weight excluding hydrogens is 404 g/mol. The van der Waals surface area contributed by atoms with Gasteiger partial charge in [0.2, 0.25) is 0 Å². The summed E-state index contributed by atoms with van der Waals surface area (Å²) in [5.41, 5.74) is 2.43. The number of halogens is 2. The Balaban J connectivity index is 1.55. The largest absolute Gasteiger partial charge is 0.345 e. The van der Waals surface area contributed by atoms with E-state index < -0.39 is 6.55 Å². The third-order valence-corrected chi connectivity index (χ3v) is 5.31. The zero-order chi connectivity index (χ0) is 21.5. The monoisotopic (exact) mass is 423 g/mol. The van der Waals surface area contributed by atoms with Crippen LogP contribution in [0.4, 0.5) is 8.78 Å². The number of nitrogens with zero attached hydrogens (tertiary/aromatic N) is 6. The zero-order valence-electron chi connectivity index (χ0n) is 16.7. The molecule has 158 valence electrons. The SMILES string of the molecule is Cc1nn(-c2ccccn2)c2nc(C3CC3)cc(C(=O)NCc3nccn3C(F)F)c12. The Labute approximate surface area is 176 Å². The second kappa shape index (κ2) is 7.53. The van der Waals surface area contributed by atoms with Gasteiger partial charge in [0.05, 0.1) is 23.2 Å². The van der Waals surface area contributed by atoms with Crippen molar-refractivity contribution >= 4 is 16.9 Å². The number of aromatic nitrogens is 6. The van der Waals surface area contributed by atoms with Crippen molar-refractivity contribution in [2.75, 3.05) is 0 Å². The van der Waals surface area contributed by atoms with Crippen molar-refractivity contribution in [1.29, 1.82) is 0 Å². The van der Waals surface area contributed by atoms with Crippen molar-refractivity contribution in [1.82, 2.24) is 34.6 Å². The Hall–Kier alpha value is -3.69. The highest BCUT2D eigenvalue weighted by Crippen LogP contribution is 2.40. The molecule has 0 aromatic carbocycles. The molecule has 0 spiro atoms. The van der Waals surface area contributed by atoms with Crippen LogP contribution in [-0.4, -0.2) is 35.2 Å². The van der Waals surface area contributed by atoms with Gasteiger partial charge in [-0.25, -0.2) is 15.0 Å². The van der Waals surface area contributed by atoms with E-state index in [4.69, 9.17) is 4.98 Å². The number of carbonyl (C=O) groups excluding carboxylic acids is 1. The maximum atomic E-state index is 13.1. The van der Waals surface area contributed by atoms with Gasteiger partial charge in [-0.2, -0.15) is 18.6 Å². The summed E-state index contributed by atoms with van der Waals surface area (Å²) in [5.74, 6) is 0.603. The molecule has 1 saturated carbocycles. The van der Waals surface area contributed by atoms with E-state index in [-0.39, 0.29) is 18.3 Å². The summed E-state index contributed by atoms with van der Waals surface area (Å²) in [6, 6.07) is 7.27. The fraction of sp³-hybridized carbons (Fsp3) is 0.286. The summed E-state index contributed by atoms with van der Waals surface area (Å²) < 4.78 is 28.5. The number of rotatable bonds is 6. The van der Waals surface area contributed by atoms with Crippen molar-refractivity contribution < 1.29 is 13.6 Å². The quantitative estimate of drug-likeness (QED) is 0.512. The maximum absolute atomic E-state index is 13.1. The highest BCUT2D eigenvalue weighted by Gasteiger charge is 2.29. The van der Waals surface area contributed by atoms with Crippen LogP contribution < -0.4 is 5.32 Å². The number of hydrogen-bond donors (Lipinski definition) is 1. The first-order chi connectivity index (χ1) is 15.0. The van der Waals surface area contributed by atoms with Crippen LogP contribution >= 0.6 is 0 Å². The predicted octanol–water partition coefficient (Wildman–Crippen LogP) is 3.52. The normalized spacial score (nSPS) is 13.8. The van der Waals surface area contributed by atoms with Gasteiger partial charge in [0.25, 0.3) is 5.91 Å². The molecular formula is C21H19F2N7O. The molecule has 8 nitrogen and oxygen atoms in total. The van der Waals surface area contributed by atoms with Gasteiger partial charge in [-0.3, -0.25) is 9.36 Å². The molecule has 1 aliphatic carbocycles. The van der Waals surface area contributed by atoms with E-state index >= 15 is 0 Å². The smallest absolute Gasteiger partial charge is 0.319 e. The van der Waals surface area contributed by atoms with Crippen LogP contribution in [0.5, 0.6) is 0 Å². The lowest BCUT2D eigenvalue weighted by atomic mass is 10.1. The number of imidazole rings is 1. The van der Waals surface area contributed by atoms with Crippen LogP contribution in [0.25, 0.3) is 16.9 Å². The van der Waals surface area contributed by atoms with Crippen molar-refractivity contribution in [3.63, 3.8) is 0 Å². The van der Waals surface area contributed by atoms with E-state index in [9.17, 15) is 13.6 Å². The summed E-state index contributed by atoms with van der Waals surface area (Å²) in [7, 11) is 0. The van der Waals surface area contributed by atoms with E-state index in [1.165, 1.54) is 12.4 Å². The molecule has 1 amide bonds. The molecule has 10 heteroatoms. The number of amides is 1. The molecule has 0 radical (unpaired) electrons. The number of nitrogens with one attached hydrogen (secondary N) is 1. The van der Waals surface area contributed by atoms with E-state index in [1.807, 2.05) is 18.2 Å². The van der Waals surface area contributed by atoms with Crippen molar-refractivity contribution in [3.05, 3.63) is 65.6 Å². The minimum Gasteiger partial charge on any atom is -0.345 e. The van der Waals surface area contributed by atoms with Crippen LogP contribution in [-0.2, 0) is 6.54 Å². The first-order valence-electron chi connectivity index (χ1n) is 9.92. The molecule has 0 bridgehead atoms. The lowest BCUT2D eigenvalue weighted by Gasteiger charge is -2.10. The van der Waals surface area contributed by atoms with Crippen molar-refractivity contribution in [2.24, 2.45) is 0 Å². The van der Waals surface area contributed by atoms with Gasteiger partial charge >= 0.3 is 6.55 Å². The summed E-state index contributed by atoms with van der Waals surface area (Å²) in [4.78, 5) is 26.2. The fourth-order valence-electron chi connectivity index (χ4n) is 3.63. The van der Waals surface area contributed by atoms with Gasteiger partial charge in [-0.15, -0.1) is 0 Å². The second-order valence-electron chi connectivity index (χ2n) is 7.46. The second-order valence-corrected chi connectivity index (χ2v) is 7.46. The molecule has 0 unspecified atom stereocenters. The molecule has 4 aromatic rings. The van der Waals surface area contributed by atoms with Gasteiger partial charge < -0.3 is 5.32 Å². The van der Waals surface area contributed by atoms with Crippen LogP contribution in [0, 0.1) is 6.92 Å². The molecule has 0 atom stereocenters. The highest BCUT2D eigenvalue weighted by molar-refractivity contribution is 6.06. The van der Waals surface area contributed by atoms with E-state index in [1.54, 1.807) is 23.9 Å². The van der Waals surface area contributed by atoms with Gasteiger partial charge in [-0.05, 0) is 38.0 Å². The third-order valence-electron chi connectivity index (χ3n) is 5.31. The number of hydrogen-bond acceptors (Lipinski definition) is 5. The first kappa shape index (κ1) is 19.3. The summed E-state index contributed by atoms with van der Waals surface area (Å²) in [6.45, 7) is -1.03. The lowest BCUT2D eigenvalue weighted by molar-refractivity contribution is 0.0660. The number of pyridine rings is 2. The molecule has 1 fully saturated rings. The average molecular weight is 423 g/mol. The maximum Gasteiger partial charge on any atom is 0.319 e. The molecule has 1 N–H and O–H groups in total. The van der Waals surface area contributed by atoms with Crippen LogP contribution in [0.15, 0.2) is 42.9 Å². The minimum absolute atomic E-state index is 0.0805. The first-order valence-corrected chi connectivity index (χ1v) is 9.92. The van der Waals surface area contributed by atoms with Crippen molar-refractivity contribution in [2.45, 2.75) is 38.8 Å². The Morgan fingerprint density at radius 1 is 1.26 bits per heavy atom. The Bertz CT molecular complexity index is 1260.